The lowest BCUT2D eigenvalue weighted by molar-refractivity contribution is 0.0526. The first-order chi connectivity index (χ1) is 6.36. The van der Waals surface area contributed by atoms with Crippen LogP contribution in [0.25, 0.3) is 0 Å². The minimum atomic E-state index is 0.276. The van der Waals surface area contributed by atoms with Gasteiger partial charge in [-0.15, -0.1) is 0 Å². The van der Waals surface area contributed by atoms with Gasteiger partial charge >= 0.3 is 0 Å². The summed E-state index contributed by atoms with van der Waals surface area (Å²) in [4.78, 5) is 10.5. The molecule has 70 valence electrons. The van der Waals surface area contributed by atoms with E-state index in [1.807, 2.05) is 6.07 Å². The van der Waals surface area contributed by atoms with E-state index >= 15 is 0 Å². The number of hydrogen-bond donors (Lipinski definition) is 0. The number of aromatic nitrogens is 2. The van der Waals surface area contributed by atoms with Gasteiger partial charge in [0.25, 0.3) is 0 Å². The maximum atomic E-state index is 5.43. The van der Waals surface area contributed by atoms with E-state index in [0.717, 1.165) is 25.6 Å². The third-order valence-electron chi connectivity index (χ3n) is 2.08. The van der Waals surface area contributed by atoms with E-state index in [1.165, 1.54) is 0 Å². The van der Waals surface area contributed by atoms with Gasteiger partial charge < -0.3 is 9.64 Å². The molecule has 1 saturated heterocycles. The van der Waals surface area contributed by atoms with Crippen LogP contribution >= 0.6 is 0 Å². The molecule has 0 radical (unpaired) electrons. The SMILES string of the molecule is CC1CN(c2ncccn2)CCO1. The summed E-state index contributed by atoms with van der Waals surface area (Å²) in [5, 5.41) is 0. The van der Waals surface area contributed by atoms with Gasteiger partial charge in [0.15, 0.2) is 0 Å². The maximum Gasteiger partial charge on any atom is 0.225 e. The zero-order valence-electron chi connectivity index (χ0n) is 7.68. The highest BCUT2D eigenvalue weighted by atomic mass is 16.5. The number of anilines is 1. The third kappa shape index (κ3) is 1.95. The monoisotopic (exact) mass is 179 g/mol. The molecule has 0 aliphatic carbocycles. The Morgan fingerprint density at radius 2 is 2.23 bits per heavy atom. The summed E-state index contributed by atoms with van der Waals surface area (Å²) >= 11 is 0. The molecule has 13 heavy (non-hydrogen) atoms. The first-order valence-corrected chi connectivity index (χ1v) is 4.50. The van der Waals surface area contributed by atoms with Crippen molar-refractivity contribution in [2.75, 3.05) is 24.6 Å². The highest BCUT2D eigenvalue weighted by Gasteiger charge is 2.18. The first kappa shape index (κ1) is 8.44. The highest BCUT2D eigenvalue weighted by Crippen LogP contribution is 2.10. The van der Waals surface area contributed by atoms with Crippen LogP contribution in [0.2, 0.25) is 0 Å². The van der Waals surface area contributed by atoms with Crippen LogP contribution in [0.4, 0.5) is 5.95 Å². The molecule has 0 saturated carbocycles. The summed E-state index contributed by atoms with van der Waals surface area (Å²) in [5.41, 5.74) is 0. The quantitative estimate of drug-likeness (QED) is 0.636. The molecule has 2 rings (SSSR count). The molecule has 0 bridgehead atoms. The van der Waals surface area contributed by atoms with Crippen molar-refractivity contribution in [3.63, 3.8) is 0 Å². The van der Waals surface area contributed by atoms with E-state index in [1.54, 1.807) is 12.4 Å². The van der Waals surface area contributed by atoms with Gasteiger partial charge in [-0.1, -0.05) is 0 Å². The fraction of sp³-hybridized carbons (Fsp3) is 0.556. The van der Waals surface area contributed by atoms with Crippen LogP contribution in [0.3, 0.4) is 0 Å². The van der Waals surface area contributed by atoms with Crippen LogP contribution < -0.4 is 4.90 Å². The van der Waals surface area contributed by atoms with Gasteiger partial charge in [0.05, 0.1) is 12.7 Å². The summed E-state index contributed by atoms with van der Waals surface area (Å²) in [6, 6.07) is 1.83. The molecule has 1 aromatic rings. The van der Waals surface area contributed by atoms with E-state index in [-0.39, 0.29) is 6.10 Å². The smallest absolute Gasteiger partial charge is 0.225 e. The Bertz CT molecular complexity index is 265. The van der Waals surface area contributed by atoms with Crippen molar-refractivity contribution in [3.05, 3.63) is 18.5 Å². The van der Waals surface area contributed by atoms with E-state index < -0.39 is 0 Å². The molecule has 4 nitrogen and oxygen atoms in total. The van der Waals surface area contributed by atoms with Crippen LogP contribution in [-0.2, 0) is 4.74 Å². The van der Waals surface area contributed by atoms with Crippen molar-refractivity contribution in [2.45, 2.75) is 13.0 Å². The molecule has 1 aliphatic rings. The molecule has 1 aromatic heterocycles. The maximum absolute atomic E-state index is 5.43. The van der Waals surface area contributed by atoms with Crippen LogP contribution in [0.5, 0.6) is 0 Å². The summed E-state index contributed by atoms with van der Waals surface area (Å²) < 4.78 is 5.43. The number of ether oxygens (including phenoxy) is 1. The lowest BCUT2D eigenvalue weighted by Gasteiger charge is -2.30. The molecule has 1 unspecified atom stereocenters. The van der Waals surface area contributed by atoms with Crippen molar-refractivity contribution in [1.29, 1.82) is 0 Å². The predicted molar refractivity (Wildman–Crippen MR) is 49.7 cm³/mol. The molecule has 2 heterocycles. The third-order valence-corrected chi connectivity index (χ3v) is 2.08. The van der Waals surface area contributed by atoms with Crippen LogP contribution in [0.1, 0.15) is 6.92 Å². The predicted octanol–water partition coefficient (Wildman–Crippen LogP) is 0.702. The molecule has 4 heteroatoms. The Kier molecular flexibility index (Phi) is 2.40. The van der Waals surface area contributed by atoms with Crippen molar-refractivity contribution < 1.29 is 4.74 Å². The van der Waals surface area contributed by atoms with Gasteiger partial charge in [-0.3, -0.25) is 0 Å². The summed E-state index contributed by atoms with van der Waals surface area (Å²) in [6.45, 7) is 4.59. The number of hydrogen-bond acceptors (Lipinski definition) is 4. The van der Waals surface area contributed by atoms with Crippen molar-refractivity contribution in [1.82, 2.24) is 9.97 Å². The van der Waals surface area contributed by atoms with Crippen LogP contribution in [-0.4, -0.2) is 35.8 Å². The average Bonchev–Trinajstić information content (AvgIpc) is 2.19. The molecule has 0 aromatic carbocycles. The van der Waals surface area contributed by atoms with Crippen molar-refractivity contribution in [2.24, 2.45) is 0 Å². The average molecular weight is 179 g/mol. The summed E-state index contributed by atoms with van der Waals surface area (Å²) in [5.74, 6) is 0.803. The van der Waals surface area contributed by atoms with Gasteiger partial charge in [0.1, 0.15) is 0 Å². The second-order valence-corrected chi connectivity index (χ2v) is 3.18. The van der Waals surface area contributed by atoms with Gasteiger partial charge in [-0.25, -0.2) is 9.97 Å². The molecular formula is C9H13N3O. The zero-order valence-corrected chi connectivity index (χ0v) is 7.68. The van der Waals surface area contributed by atoms with E-state index in [0.29, 0.717) is 0 Å². The second kappa shape index (κ2) is 3.70. The number of rotatable bonds is 1. The molecular weight excluding hydrogens is 166 g/mol. The minimum Gasteiger partial charge on any atom is -0.375 e. The van der Waals surface area contributed by atoms with E-state index in [9.17, 15) is 0 Å². The first-order valence-electron chi connectivity index (χ1n) is 4.50. The van der Waals surface area contributed by atoms with Gasteiger partial charge in [0, 0.05) is 25.5 Å². The Morgan fingerprint density at radius 3 is 2.92 bits per heavy atom. The summed E-state index contributed by atoms with van der Waals surface area (Å²) in [6.07, 6.45) is 3.81. The van der Waals surface area contributed by atoms with E-state index in [2.05, 4.69) is 21.8 Å². The summed E-state index contributed by atoms with van der Waals surface area (Å²) in [7, 11) is 0. The van der Waals surface area contributed by atoms with Crippen molar-refractivity contribution in [3.8, 4) is 0 Å². The standard InChI is InChI=1S/C9H13N3O/c1-8-7-12(5-6-13-8)9-10-3-2-4-11-9/h2-4,8H,5-7H2,1H3. The van der Waals surface area contributed by atoms with Gasteiger partial charge in [-0.05, 0) is 13.0 Å². The second-order valence-electron chi connectivity index (χ2n) is 3.18. The molecule has 1 fully saturated rings. The Labute approximate surface area is 77.6 Å². The topological polar surface area (TPSA) is 38.2 Å². The zero-order chi connectivity index (χ0) is 9.10. The Balaban J connectivity index is 2.08. The molecule has 1 atom stereocenters. The minimum absolute atomic E-state index is 0.276. The normalized spacial score (nSPS) is 23.2. The lowest BCUT2D eigenvalue weighted by atomic mass is 10.3. The molecule has 0 N–H and O–H groups in total. The fourth-order valence-corrected chi connectivity index (χ4v) is 1.45. The number of nitrogens with zero attached hydrogens (tertiary/aromatic N) is 3. The largest absolute Gasteiger partial charge is 0.375 e. The molecule has 0 amide bonds. The lowest BCUT2D eigenvalue weighted by Crippen LogP contribution is -2.41. The number of morpholine rings is 1. The Morgan fingerprint density at radius 1 is 1.46 bits per heavy atom. The molecule has 0 spiro atoms. The van der Waals surface area contributed by atoms with Crippen LogP contribution in [0, 0.1) is 0 Å². The Hall–Kier alpha value is -1.16. The van der Waals surface area contributed by atoms with Gasteiger partial charge in [-0.2, -0.15) is 0 Å². The van der Waals surface area contributed by atoms with Crippen molar-refractivity contribution >= 4 is 5.95 Å². The van der Waals surface area contributed by atoms with E-state index in [4.69, 9.17) is 4.74 Å². The highest BCUT2D eigenvalue weighted by molar-refractivity contribution is 5.28. The fourth-order valence-electron chi connectivity index (χ4n) is 1.45. The van der Waals surface area contributed by atoms with Gasteiger partial charge in [0.2, 0.25) is 5.95 Å². The van der Waals surface area contributed by atoms with Crippen LogP contribution in [0.15, 0.2) is 18.5 Å². The molecule has 1 aliphatic heterocycles.